The number of amides is 2. The van der Waals surface area contributed by atoms with E-state index >= 15 is 0 Å². The number of nitrogens with one attached hydrogen (secondary N) is 1. The maximum Gasteiger partial charge on any atom is 0.273 e. The number of benzene rings is 1. The molecule has 0 saturated carbocycles. The molecular weight excluding hydrogens is 294 g/mol. The van der Waals surface area contributed by atoms with Crippen LogP contribution in [0.4, 0.5) is 5.82 Å². The molecule has 0 aliphatic carbocycles. The van der Waals surface area contributed by atoms with Gasteiger partial charge < -0.3 is 16.0 Å². The minimum absolute atomic E-state index is 0.0612. The van der Waals surface area contributed by atoms with E-state index in [1.54, 1.807) is 36.2 Å². The first kappa shape index (κ1) is 16.4. The Morgan fingerprint density at radius 1 is 1.35 bits per heavy atom. The summed E-state index contributed by atoms with van der Waals surface area (Å²) >= 11 is 0. The highest BCUT2D eigenvalue weighted by molar-refractivity contribution is 5.97. The van der Waals surface area contributed by atoms with Gasteiger partial charge in [0.25, 0.3) is 11.8 Å². The molecule has 1 aromatic heterocycles. The first-order valence-electron chi connectivity index (χ1n) is 7.18. The van der Waals surface area contributed by atoms with Gasteiger partial charge in [0.2, 0.25) is 0 Å². The van der Waals surface area contributed by atoms with E-state index in [2.05, 4.69) is 15.3 Å². The van der Waals surface area contributed by atoms with Crippen LogP contribution in [0.25, 0.3) is 11.3 Å². The zero-order valence-electron chi connectivity index (χ0n) is 13.3. The van der Waals surface area contributed by atoms with Crippen LogP contribution in [0.2, 0.25) is 0 Å². The fourth-order valence-corrected chi connectivity index (χ4v) is 2.00. The summed E-state index contributed by atoms with van der Waals surface area (Å²) in [5.74, 6) is -0.426. The molecule has 1 heterocycles. The average Bonchev–Trinajstić information content (AvgIpc) is 2.60. The van der Waals surface area contributed by atoms with Gasteiger partial charge in [-0.05, 0) is 19.1 Å². The molecule has 0 fully saturated rings. The second-order valence-electron chi connectivity index (χ2n) is 4.97. The fraction of sp³-hybridized carbons (Fsp3) is 0.250. The van der Waals surface area contributed by atoms with Crippen molar-refractivity contribution in [3.8, 4) is 11.3 Å². The van der Waals surface area contributed by atoms with Gasteiger partial charge in [0.05, 0.1) is 11.9 Å². The van der Waals surface area contributed by atoms with Crippen LogP contribution >= 0.6 is 0 Å². The number of nitrogen functional groups attached to an aromatic ring is 1. The van der Waals surface area contributed by atoms with Crippen LogP contribution in [0.3, 0.4) is 0 Å². The van der Waals surface area contributed by atoms with Gasteiger partial charge in [-0.1, -0.05) is 12.1 Å². The van der Waals surface area contributed by atoms with E-state index in [1.807, 2.05) is 6.92 Å². The van der Waals surface area contributed by atoms with Gasteiger partial charge in [-0.3, -0.25) is 9.59 Å². The van der Waals surface area contributed by atoms with Crippen molar-refractivity contribution in [2.24, 2.45) is 0 Å². The van der Waals surface area contributed by atoms with Crippen molar-refractivity contribution in [2.45, 2.75) is 6.92 Å². The van der Waals surface area contributed by atoms with Gasteiger partial charge in [0.1, 0.15) is 0 Å². The normalized spacial score (nSPS) is 10.2. The highest BCUT2D eigenvalue weighted by atomic mass is 16.2. The second kappa shape index (κ2) is 6.87. The SMILES string of the molecule is CCN(C)C(=O)c1cccc(-c2cnc(N)c(C(=O)NC)n2)c1. The summed E-state index contributed by atoms with van der Waals surface area (Å²) in [6, 6.07) is 7.03. The highest BCUT2D eigenvalue weighted by Crippen LogP contribution is 2.20. The number of anilines is 1. The lowest BCUT2D eigenvalue weighted by molar-refractivity contribution is 0.0802. The Kier molecular flexibility index (Phi) is 4.90. The minimum Gasteiger partial charge on any atom is -0.382 e. The Hall–Kier alpha value is -2.96. The molecule has 0 aliphatic rings. The number of carbonyl (C=O) groups excluding carboxylic acids is 2. The summed E-state index contributed by atoms with van der Waals surface area (Å²) < 4.78 is 0. The lowest BCUT2D eigenvalue weighted by Gasteiger charge is -2.15. The quantitative estimate of drug-likeness (QED) is 0.882. The van der Waals surface area contributed by atoms with Crippen LogP contribution in [0.5, 0.6) is 0 Å². The number of hydrogen-bond donors (Lipinski definition) is 2. The number of rotatable bonds is 4. The second-order valence-corrected chi connectivity index (χ2v) is 4.97. The van der Waals surface area contributed by atoms with Crippen LogP contribution in [-0.2, 0) is 0 Å². The third-order valence-electron chi connectivity index (χ3n) is 3.47. The van der Waals surface area contributed by atoms with E-state index in [4.69, 9.17) is 5.73 Å². The Morgan fingerprint density at radius 2 is 2.09 bits per heavy atom. The number of nitrogens with zero attached hydrogens (tertiary/aromatic N) is 3. The molecule has 2 rings (SSSR count). The van der Waals surface area contributed by atoms with E-state index in [9.17, 15) is 9.59 Å². The lowest BCUT2D eigenvalue weighted by Crippen LogP contribution is -2.26. The van der Waals surface area contributed by atoms with Crippen LogP contribution in [0.1, 0.15) is 27.8 Å². The van der Waals surface area contributed by atoms with Crippen molar-refractivity contribution in [1.82, 2.24) is 20.2 Å². The molecule has 1 aromatic carbocycles. The molecule has 0 atom stereocenters. The Labute approximate surface area is 134 Å². The summed E-state index contributed by atoms with van der Waals surface area (Å²) in [4.78, 5) is 33.9. The first-order chi connectivity index (χ1) is 11.0. The third kappa shape index (κ3) is 3.45. The van der Waals surface area contributed by atoms with Crippen molar-refractivity contribution in [3.63, 3.8) is 0 Å². The zero-order valence-corrected chi connectivity index (χ0v) is 13.3. The number of aromatic nitrogens is 2. The van der Waals surface area contributed by atoms with Gasteiger partial charge in [-0.15, -0.1) is 0 Å². The smallest absolute Gasteiger partial charge is 0.273 e. The van der Waals surface area contributed by atoms with Crippen molar-refractivity contribution in [2.75, 3.05) is 26.4 Å². The number of nitrogens with two attached hydrogens (primary N) is 1. The number of hydrogen-bond acceptors (Lipinski definition) is 5. The van der Waals surface area contributed by atoms with E-state index in [0.29, 0.717) is 23.4 Å². The van der Waals surface area contributed by atoms with Crippen LogP contribution in [0, 0.1) is 0 Å². The molecule has 7 heteroatoms. The van der Waals surface area contributed by atoms with Crippen molar-refractivity contribution >= 4 is 17.6 Å². The molecule has 0 unspecified atom stereocenters. The summed E-state index contributed by atoms with van der Waals surface area (Å²) in [5.41, 5.74) is 7.47. The van der Waals surface area contributed by atoms with E-state index in [0.717, 1.165) is 0 Å². The van der Waals surface area contributed by atoms with E-state index < -0.39 is 5.91 Å². The van der Waals surface area contributed by atoms with Crippen LogP contribution < -0.4 is 11.1 Å². The third-order valence-corrected chi connectivity index (χ3v) is 3.47. The molecular formula is C16H19N5O2. The molecule has 0 radical (unpaired) electrons. The number of carbonyl (C=O) groups is 2. The molecule has 0 spiro atoms. The largest absolute Gasteiger partial charge is 0.382 e. The van der Waals surface area contributed by atoms with E-state index in [-0.39, 0.29) is 17.4 Å². The van der Waals surface area contributed by atoms with Crippen LogP contribution in [0.15, 0.2) is 30.5 Å². The van der Waals surface area contributed by atoms with Gasteiger partial charge >= 0.3 is 0 Å². The molecule has 23 heavy (non-hydrogen) atoms. The van der Waals surface area contributed by atoms with Gasteiger partial charge in [-0.25, -0.2) is 9.97 Å². The van der Waals surface area contributed by atoms with Gasteiger partial charge in [0.15, 0.2) is 11.5 Å². The zero-order chi connectivity index (χ0) is 17.0. The van der Waals surface area contributed by atoms with Gasteiger partial charge in [0, 0.05) is 31.8 Å². The summed E-state index contributed by atoms with van der Waals surface area (Å²) in [7, 11) is 3.23. The Balaban J connectivity index is 2.43. The Morgan fingerprint density at radius 3 is 2.74 bits per heavy atom. The maximum absolute atomic E-state index is 12.2. The lowest BCUT2D eigenvalue weighted by atomic mass is 10.1. The summed E-state index contributed by atoms with van der Waals surface area (Å²) in [6.07, 6.45) is 1.48. The highest BCUT2D eigenvalue weighted by Gasteiger charge is 2.15. The van der Waals surface area contributed by atoms with Crippen LogP contribution in [-0.4, -0.2) is 47.3 Å². The summed E-state index contributed by atoms with van der Waals surface area (Å²) in [5, 5.41) is 2.47. The van der Waals surface area contributed by atoms with Gasteiger partial charge in [-0.2, -0.15) is 0 Å². The average molecular weight is 313 g/mol. The van der Waals surface area contributed by atoms with E-state index in [1.165, 1.54) is 13.2 Å². The molecule has 2 amide bonds. The van der Waals surface area contributed by atoms with Crippen molar-refractivity contribution in [3.05, 3.63) is 41.7 Å². The summed E-state index contributed by atoms with van der Waals surface area (Å²) in [6.45, 7) is 2.52. The Bertz CT molecular complexity index is 745. The monoisotopic (exact) mass is 313 g/mol. The van der Waals surface area contributed by atoms with Crippen molar-refractivity contribution in [1.29, 1.82) is 0 Å². The molecule has 0 bridgehead atoms. The molecule has 3 N–H and O–H groups in total. The predicted molar refractivity (Wildman–Crippen MR) is 87.9 cm³/mol. The molecule has 7 nitrogen and oxygen atoms in total. The van der Waals surface area contributed by atoms with Crippen molar-refractivity contribution < 1.29 is 9.59 Å². The predicted octanol–water partition coefficient (Wildman–Crippen LogP) is 1.18. The molecule has 120 valence electrons. The first-order valence-corrected chi connectivity index (χ1v) is 7.18. The fourth-order valence-electron chi connectivity index (χ4n) is 2.00. The standard InChI is InChI=1S/C16H19N5O2/c1-4-21(3)16(23)11-7-5-6-10(8-11)12-9-19-14(17)13(20-12)15(22)18-2/h5-9H,4H2,1-3H3,(H2,17,19)(H,18,22). The minimum atomic E-state index is -0.408. The topological polar surface area (TPSA) is 101 Å². The molecule has 0 saturated heterocycles. The maximum atomic E-state index is 12.2. The molecule has 0 aliphatic heterocycles. The molecule has 2 aromatic rings.